The van der Waals surface area contributed by atoms with E-state index in [2.05, 4.69) is 4.85 Å². The minimum Gasteiger partial charge on any atom is -0.354 e. The molecule has 160 valence electrons. The molecule has 0 atom stereocenters. The minimum absolute atomic E-state index is 0.0361. The highest BCUT2D eigenvalue weighted by atomic mass is 32.2. The van der Waals surface area contributed by atoms with Crippen molar-refractivity contribution in [1.82, 2.24) is 9.29 Å². The van der Waals surface area contributed by atoms with Gasteiger partial charge >= 0.3 is 0 Å². The van der Waals surface area contributed by atoms with Gasteiger partial charge in [0.25, 0.3) is 5.91 Å². The molecule has 6 nitrogen and oxygen atoms in total. The van der Waals surface area contributed by atoms with E-state index in [1.807, 2.05) is 11.6 Å². The van der Waals surface area contributed by atoms with Gasteiger partial charge in [0.1, 0.15) is 17.3 Å². The lowest BCUT2D eigenvalue weighted by atomic mass is 9.98. The maximum absolute atomic E-state index is 14.1. The monoisotopic (exact) mass is 443 g/mol. The van der Waals surface area contributed by atoms with Gasteiger partial charge in [0.15, 0.2) is 0 Å². The van der Waals surface area contributed by atoms with Crippen molar-refractivity contribution >= 4 is 21.6 Å². The number of carbonyl (C=O) groups is 1. The van der Waals surface area contributed by atoms with Crippen molar-refractivity contribution in [2.45, 2.75) is 13.3 Å². The molecule has 0 bridgehead atoms. The summed E-state index contributed by atoms with van der Waals surface area (Å²) in [6.07, 6.45) is 1.32. The van der Waals surface area contributed by atoms with Gasteiger partial charge in [0.05, 0.1) is 12.8 Å². The van der Waals surface area contributed by atoms with E-state index in [0.717, 1.165) is 18.4 Å². The van der Waals surface area contributed by atoms with Crippen molar-refractivity contribution in [1.29, 1.82) is 0 Å². The fourth-order valence-electron chi connectivity index (χ4n) is 3.54. The van der Waals surface area contributed by atoms with Crippen LogP contribution in [-0.4, -0.2) is 25.1 Å². The maximum atomic E-state index is 14.1. The summed E-state index contributed by atoms with van der Waals surface area (Å²) in [6, 6.07) is 9.68. The smallest absolute Gasteiger partial charge is 0.280 e. The normalized spacial score (nSPS) is 11.2. The molecule has 0 fully saturated rings. The molecule has 0 radical (unpaired) electrons. The number of rotatable bonds is 5. The minimum atomic E-state index is -3.82. The summed E-state index contributed by atoms with van der Waals surface area (Å²) >= 11 is 0. The van der Waals surface area contributed by atoms with E-state index in [1.165, 1.54) is 10.6 Å². The molecular weight excluding hydrogens is 424 g/mol. The third-order valence-corrected chi connectivity index (χ3v) is 5.40. The molecule has 1 amide bonds. The van der Waals surface area contributed by atoms with Gasteiger partial charge < -0.3 is 4.57 Å². The summed E-state index contributed by atoms with van der Waals surface area (Å²) in [5, 5.41) is 0. The van der Waals surface area contributed by atoms with Gasteiger partial charge in [0, 0.05) is 29.9 Å². The summed E-state index contributed by atoms with van der Waals surface area (Å²) < 4.78 is 54.0. The van der Waals surface area contributed by atoms with Crippen LogP contribution in [0.4, 0.5) is 14.5 Å². The quantitative estimate of drug-likeness (QED) is 0.593. The average Bonchev–Trinajstić information content (AvgIpc) is 2.98. The van der Waals surface area contributed by atoms with Gasteiger partial charge in [-0.2, -0.15) is 0 Å². The summed E-state index contributed by atoms with van der Waals surface area (Å²) in [7, 11) is -2.22. The molecule has 0 aliphatic heterocycles. The fourth-order valence-corrected chi connectivity index (χ4v) is 3.97. The Hall–Kier alpha value is -3.51. The second-order valence-electron chi connectivity index (χ2n) is 6.95. The Morgan fingerprint density at radius 1 is 1.13 bits per heavy atom. The highest BCUT2D eigenvalue weighted by Crippen LogP contribution is 2.40. The van der Waals surface area contributed by atoms with Crippen molar-refractivity contribution in [3.63, 3.8) is 0 Å². The number of hydrogen-bond acceptors (Lipinski definition) is 3. The molecule has 2 aromatic carbocycles. The van der Waals surface area contributed by atoms with E-state index < -0.39 is 27.6 Å². The summed E-state index contributed by atoms with van der Waals surface area (Å²) in [6.45, 7) is 9.44. The molecule has 9 heteroatoms. The van der Waals surface area contributed by atoms with Crippen LogP contribution in [0.1, 0.15) is 23.1 Å². The molecule has 1 heterocycles. The number of nitrogens with zero attached hydrogens (tertiary/aromatic N) is 2. The zero-order chi connectivity index (χ0) is 22.9. The van der Waals surface area contributed by atoms with Crippen LogP contribution in [0.2, 0.25) is 0 Å². The van der Waals surface area contributed by atoms with Crippen molar-refractivity contribution < 1.29 is 22.0 Å². The lowest BCUT2D eigenvalue weighted by molar-refractivity contribution is 0.0974. The first-order valence-corrected chi connectivity index (χ1v) is 11.1. The number of sulfonamides is 1. The van der Waals surface area contributed by atoms with Gasteiger partial charge in [-0.05, 0) is 29.7 Å². The average molecular weight is 443 g/mol. The van der Waals surface area contributed by atoms with Crippen LogP contribution in [0.5, 0.6) is 0 Å². The molecule has 0 spiro atoms. The number of hydrogen-bond donors (Lipinski definition) is 1. The molecule has 3 aromatic rings. The number of benzene rings is 2. The van der Waals surface area contributed by atoms with Crippen LogP contribution in [0.15, 0.2) is 42.5 Å². The molecule has 0 aliphatic rings. The van der Waals surface area contributed by atoms with E-state index in [0.29, 0.717) is 28.8 Å². The topological polar surface area (TPSA) is 72.5 Å². The SMILES string of the molecule is [C-]#[N+]c1c(-c2ccc(-c3ccc(F)cc3F)cc2)c(C(=O)NS(C)(=O)=O)n(C)c1CC. The molecule has 3 rings (SSSR count). The summed E-state index contributed by atoms with van der Waals surface area (Å²) in [5.41, 5.74) is 2.33. The predicted molar refractivity (Wildman–Crippen MR) is 114 cm³/mol. The van der Waals surface area contributed by atoms with E-state index in [1.54, 1.807) is 31.3 Å². The maximum Gasteiger partial charge on any atom is 0.280 e. The number of carbonyl (C=O) groups excluding carboxylic acids is 1. The predicted octanol–water partition coefficient (Wildman–Crippen LogP) is 4.44. The summed E-state index contributed by atoms with van der Waals surface area (Å²) in [4.78, 5) is 16.3. The zero-order valence-electron chi connectivity index (χ0n) is 17.0. The Morgan fingerprint density at radius 3 is 2.26 bits per heavy atom. The van der Waals surface area contributed by atoms with Crippen molar-refractivity contribution in [2.75, 3.05) is 6.26 Å². The van der Waals surface area contributed by atoms with Crippen molar-refractivity contribution in [3.05, 3.63) is 76.9 Å². The van der Waals surface area contributed by atoms with Crippen LogP contribution >= 0.6 is 0 Å². The van der Waals surface area contributed by atoms with Gasteiger partial charge in [0.2, 0.25) is 15.7 Å². The molecule has 0 unspecified atom stereocenters. The Bertz CT molecular complexity index is 1320. The molecular formula is C22H19F2N3O3S. The highest BCUT2D eigenvalue weighted by Gasteiger charge is 2.27. The second kappa shape index (κ2) is 8.32. The third-order valence-electron chi connectivity index (χ3n) is 4.84. The lowest BCUT2D eigenvalue weighted by Crippen LogP contribution is -2.31. The molecule has 1 aromatic heterocycles. The van der Waals surface area contributed by atoms with Crippen molar-refractivity contribution in [3.8, 4) is 22.3 Å². The van der Waals surface area contributed by atoms with E-state index in [-0.39, 0.29) is 16.9 Å². The zero-order valence-corrected chi connectivity index (χ0v) is 17.8. The summed E-state index contributed by atoms with van der Waals surface area (Å²) in [5.74, 6) is -2.24. The first kappa shape index (κ1) is 22.2. The molecule has 0 saturated carbocycles. The number of halogens is 2. The van der Waals surface area contributed by atoms with Crippen LogP contribution in [0, 0.1) is 18.2 Å². The van der Waals surface area contributed by atoms with Crippen LogP contribution in [-0.2, 0) is 23.5 Å². The Balaban J connectivity index is 2.17. The number of aromatic nitrogens is 1. The number of amides is 1. The van der Waals surface area contributed by atoms with Gasteiger partial charge in [-0.1, -0.05) is 31.2 Å². The Morgan fingerprint density at radius 2 is 1.74 bits per heavy atom. The third kappa shape index (κ3) is 4.34. The highest BCUT2D eigenvalue weighted by molar-refractivity contribution is 7.89. The first-order valence-electron chi connectivity index (χ1n) is 9.24. The van der Waals surface area contributed by atoms with Crippen LogP contribution < -0.4 is 4.72 Å². The first-order chi connectivity index (χ1) is 14.6. The molecule has 31 heavy (non-hydrogen) atoms. The molecule has 0 aliphatic carbocycles. The van der Waals surface area contributed by atoms with E-state index >= 15 is 0 Å². The standard InChI is InChI=1S/C22H19F2N3O3S/c1-5-18-20(25-2)19(21(27(18)3)22(28)26-31(4,29)30)14-8-6-13(7-9-14)16-11-10-15(23)12-17(16)24/h6-12H,5H2,1,3-4H3,(H,26,28). The largest absolute Gasteiger partial charge is 0.354 e. The van der Waals surface area contributed by atoms with Crippen LogP contribution in [0.3, 0.4) is 0 Å². The van der Waals surface area contributed by atoms with Gasteiger partial charge in [-0.25, -0.2) is 26.8 Å². The Kier molecular flexibility index (Phi) is 5.95. The van der Waals surface area contributed by atoms with Gasteiger partial charge in [-0.3, -0.25) is 4.79 Å². The van der Waals surface area contributed by atoms with Gasteiger partial charge in [-0.15, -0.1) is 0 Å². The fraction of sp³-hybridized carbons (Fsp3) is 0.182. The van der Waals surface area contributed by atoms with Crippen LogP contribution in [0.25, 0.3) is 27.1 Å². The Labute approximate surface area is 179 Å². The second-order valence-corrected chi connectivity index (χ2v) is 8.70. The van der Waals surface area contributed by atoms with E-state index in [9.17, 15) is 22.0 Å². The lowest BCUT2D eigenvalue weighted by Gasteiger charge is -2.10. The molecule has 1 N–H and O–H groups in total. The molecule has 0 saturated heterocycles. The van der Waals surface area contributed by atoms with Crippen molar-refractivity contribution in [2.24, 2.45) is 7.05 Å². The van der Waals surface area contributed by atoms with E-state index in [4.69, 9.17) is 6.57 Å². The number of nitrogens with one attached hydrogen (secondary N) is 1.